The third-order valence-electron chi connectivity index (χ3n) is 3.80. The summed E-state index contributed by atoms with van der Waals surface area (Å²) in [5.41, 5.74) is 0.839. The highest BCUT2D eigenvalue weighted by Crippen LogP contribution is 2.29. The van der Waals surface area contributed by atoms with E-state index in [1.807, 2.05) is 0 Å². The molecule has 28 heavy (non-hydrogen) atoms. The number of allylic oxidation sites excluding steroid dienone is 1. The van der Waals surface area contributed by atoms with Crippen molar-refractivity contribution in [3.63, 3.8) is 0 Å². The van der Waals surface area contributed by atoms with Gasteiger partial charge in [-0.3, -0.25) is 9.59 Å². The molecular formula is C20H14F3NO4. The SMILES string of the molecule is COc1cccc2cc(C(=O)C=Cc3cccc(NC(=O)C(F)(F)F)c3)oc12. The molecule has 1 aromatic heterocycles. The summed E-state index contributed by atoms with van der Waals surface area (Å²) in [7, 11) is 1.49. The fourth-order valence-corrected chi connectivity index (χ4v) is 2.49. The maximum absolute atomic E-state index is 12.3. The number of amides is 1. The van der Waals surface area contributed by atoms with Gasteiger partial charge in [0.15, 0.2) is 17.1 Å². The number of anilines is 1. The largest absolute Gasteiger partial charge is 0.493 e. The molecule has 0 spiro atoms. The molecular weight excluding hydrogens is 375 g/mol. The lowest BCUT2D eigenvalue weighted by Crippen LogP contribution is -2.29. The Morgan fingerprint density at radius 2 is 1.86 bits per heavy atom. The number of alkyl halides is 3. The number of para-hydroxylation sites is 1. The van der Waals surface area contributed by atoms with Crippen LogP contribution in [0.4, 0.5) is 18.9 Å². The van der Waals surface area contributed by atoms with Crippen LogP contribution >= 0.6 is 0 Å². The summed E-state index contributed by atoms with van der Waals surface area (Å²) < 4.78 is 47.7. The number of furan rings is 1. The monoisotopic (exact) mass is 389 g/mol. The first-order valence-corrected chi connectivity index (χ1v) is 8.05. The second-order valence-electron chi connectivity index (χ2n) is 5.76. The summed E-state index contributed by atoms with van der Waals surface area (Å²) in [5, 5.41) is 2.46. The zero-order valence-electron chi connectivity index (χ0n) is 14.5. The molecule has 0 bridgehead atoms. The third kappa shape index (κ3) is 4.22. The molecule has 0 aliphatic heterocycles. The molecule has 0 aliphatic rings. The smallest absolute Gasteiger partial charge is 0.471 e. The molecule has 1 N–H and O–H groups in total. The quantitative estimate of drug-likeness (QED) is 0.501. The fourth-order valence-electron chi connectivity index (χ4n) is 2.49. The predicted molar refractivity (Wildman–Crippen MR) is 97.3 cm³/mol. The first kappa shape index (κ1) is 19.2. The molecule has 8 heteroatoms. The van der Waals surface area contributed by atoms with Crippen LogP contribution in [0.1, 0.15) is 16.1 Å². The molecule has 5 nitrogen and oxygen atoms in total. The van der Waals surface area contributed by atoms with E-state index in [1.165, 1.54) is 37.5 Å². The first-order valence-electron chi connectivity index (χ1n) is 8.05. The minimum atomic E-state index is -4.98. The Hall–Kier alpha value is -3.55. The number of hydrogen-bond donors (Lipinski definition) is 1. The van der Waals surface area contributed by atoms with Crippen LogP contribution in [0.3, 0.4) is 0 Å². The van der Waals surface area contributed by atoms with Gasteiger partial charge < -0.3 is 14.5 Å². The molecule has 0 saturated heterocycles. The number of halogens is 3. The Morgan fingerprint density at radius 3 is 2.57 bits per heavy atom. The molecule has 144 valence electrons. The van der Waals surface area contributed by atoms with Gasteiger partial charge in [-0.2, -0.15) is 13.2 Å². The number of benzene rings is 2. The molecule has 1 amide bonds. The number of hydrogen-bond acceptors (Lipinski definition) is 4. The van der Waals surface area contributed by atoms with Crippen molar-refractivity contribution in [1.29, 1.82) is 0 Å². The Kier molecular flexibility index (Phi) is 5.21. The van der Waals surface area contributed by atoms with Crippen molar-refractivity contribution >= 4 is 34.4 Å². The van der Waals surface area contributed by atoms with Gasteiger partial charge in [0.05, 0.1) is 7.11 Å². The van der Waals surface area contributed by atoms with Gasteiger partial charge in [-0.05, 0) is 35.9 Å². The lowest BCUT2D eigenvalue weighted by atomic mass is 10.1. The Bertz CT molecular complexity index is 1070. The molecule has 1 heterocycles. The molecule has 0 fully saturated rings. The maximum atomic E-state index is 12.3. The Balaban J connectivity index is 1.77. The van der Waals surface area contributed by atoms with Gasteiger partial charge in [0.25, 0.3) is 0 Å². The standard InChI is InChI=1S/C20H14F3NO4/c1-27-16-7-3-5-13-11-17(28-18(13)16)15(25)9-8-12-4-2-6-14(10-12)24-19(26)20(21,22)23/h2-11H,1H3,(H,24,26). The van der Waals surface area contributed by atoms with Gasteiger partial charge in [0, 0.05) is 11.1 Å². The second kappa shape index (κ2) is 7.59. The molecule has 2 aromatic carbocycles. The number of carbonyl (C=O) groups is 2. The number of fused-ring (bicyclic) bond motifs is 1. The number of carbonyl (C=O) groups excluding carboxylic acids is 2. The van der Waals surface area contributed by atoms with Gasteiger partial charge in [-0.1, -0.05) is 30.3 Å². The molecule has 0 saturated carbocycles. The molecule has 0 unspecified atom stereocenters. The maximum Gasteiger partial charge on any atom is 0.471 e. The van der Waals surface area contributed by atoms with E-state index in [9.17, 15) is 22.8 Å². The van der Waals surface area contributed by atoms with Crippen molar-refractivity contribution in [1.82, 2.24) is 0 Å². The van der Waals surface area contributed by atoms with Crippen LogP contribution in [0.15, 0.2) is 59.0 Å². The highest BCUT2D eigenvalue weighted by molar-refractivity contribution is 6.07. The summed E-state index contributed by atoms with van der Waals surface area (Å²) in [4.78, 5) is 23.3. The van der Waals surface area contributed by atoms with E-state index in [-0.39, 0.29) is 11.4 Å². The predicted octanol–water partition coefficient (Wildman–Crippen LogP) is 4.84. The number of rotatable bonds is 5. The van der Waals surface area contributed by atoms with E-state index >= 15 is 0 Å². The van der Waals surface area contributed by atoms with Crippen LogP contribution in [0, 0.1) is 0 Å². The van der Waals surface area contributed by atoms with Crippen molar-refractivity contribution in [3.8, 4) is 5.75 Å². The zero-order chi connectivity index (χ0) is 20.3. The summed E-state index contributed by atoms with van der Waals surface area (Å²) in [6.07, 6.45) is -2.34. The highest BCUT2D eigenvalue weighted by atomic mass is 19.4. The van der Waals surface area contributed by atoms with Crippen LogP contribution in [-0.2, 0) is 4.79 Å². The van der Waals surface area contributed by atoms with Crippen molar-refractivity contribution in [3.05, 3.63) is 65.9 Å². The summed E-state index contributed by atoms with van der Waals surface area (Å²) >= 11 is 0. The molecule has 3 rings (SSSR count). The van der Waals surface area contributed by atoms with Crippen LogP contribution in [0.25, 0.3) is 17.0 Å². The minimum absolute atomic E-state index is 0.0367. The average molecular weight is 389 g/mol. The van der Waals surface area contributed by atoms with Crippen LogP contribution < -0.4 is 10.1 Å². The summed E-state index contributed by atoms with van der Waals surface area (Å²) in [6.45, 7) is 0. The van der Waals surface area contributed by atoms with E-state index in [0.717, 1.165) is 0 Å². The normalized spacial score (nSPS) is 11.7. The molecule has 0 radical (unpaired) electrons. The van der Waals surface area contributed by atoms with Gasteiger partial charge in [0.2, 0.25) is 5.78 Å². The number of ketones is 1. The minimum Gasteiger partial charge on any atom is -0.493 e. The van der Waals surface area contributed by atoms with E-state index in [0.29, 0.717) is 22.3 Å². The zero-order valence-corrected chi connectivity index (χ0v) is 14.5. The van der Waals surface area contributed by atoms with Crippen molar-refractivity contribution in [2.24, 2.45) is 0 Å². The highest BCUT2D eigenvalue weighted by Gasteiger charge is 2.38. The van der Waals surface area contributed by atoms with E-state index in [4.69, 9.17) is 9.15 Å². The van der Waals surface area contributed by atoms with Crippen LogP contribution in [0.2, 0.25) is 0 Å². The van der Waals surface area contributed by atoms with Crippen molar-refractivity contribution in [2.45, 2.75) is 6.18 Å². The topological polar surface area (TPSA) is 68.5 Å². The average Bonchev–Trinajstić information content (AvgIpc) is 3.10. The van der Waals surface area contributed by atoms with Gasteiger partial charge >= 0.3 is 12.1 Å². The van der Waals surface area contributed by atoms with E-state index in [2.05, 4.69) is 0 Å². The van der Waals surface area contributed by atoms with Gasteiger partial charge in [-0.25, -0.2) is 0 Å². The lowest BCUT2D eigenvalue weighted by molar-refractivity contribution is -0.167. The van der Waals surface area contributed by atoms with E-state index in [1.54, 1.807) is 35.6 Å². The second-order valence-corrected chi connectivity index (χ2v) is 5.76. The van der Waals surface area contributed by atoms with Gasteiger partial charge in [-0.15, -0.1) is 0 Å². The number of methoxy groups -OCH3 is 1. The third-order valence-corrected chi connectivity index (χ3v) is 3.80. The van der Waals surface area contributed by atoms with E-state index < -0.39 is 17.9 Å². The molecule has 0 aliphatic carbocycles. The fraction of sp³-hybridized carbons (Fsp3) is 0.100. The molecule has 0 atom stereocenters. The van der Waals surface area contributed by atoms with Crippen molar-refractivity contribution in [2.75, 3.05) is 12.4 Å². The van der Waals surface area contributed by atoms with Crippen molar-refractivity contribution < 1.29 is 31.9 Å². The van der Waals surface area contributed by atoms with Gasteiger partial charge in [0.1, 0.15) is 0 Å². The first-order chi connectivity index (χ1) is 13.3. The number of nitrogens with one attached hydrogen (secondary N) is 1. The Morgan fingerprint density at radius 1 is 1.11 bits per heavy atom. The Labute approximate surface area is 157 Å². The molecule has 3 aromatic rings. The number of ether oxygens (including phenoxy) is 1. The summed E-state index contributed by atoms with van der Waals surface area (Å²) in [5.74, 6) is -1.91. The van der Waals surface area contributed by atoms with Crippen LogP contribution in [0.5, 0.6) is 5.75 Å². The lowest BCUT2D eigenvalue weighted by Gasteiger charge is -2.08. The van der Waals surface area contributed by atoms with Crippen LogP contribution in [-0.4, -0.2) is 25.0 Å². The summed E-state index contributed by atoms with van der Waals surface area (Å²) in [6, 6.07) is 12.5.